The Morgan fingerprint density at radius 2 is 2.20 bits per heavy atom. The van der Waals surface area contributed by atoms with E-state index in [1.807, 2.05) is 0 Å². The second-order valence-electron chi connectivity index (χ2n) is 4.61. The van der Waals surface area contributed by atoms with E-state index in [9.17, 15) is 12.8 Å². The van der Waals surface area contributed by atoms with Crippen molar-refractivity contribution in [2.45, 2.75) is 30.2 Å². The van der Waals surface area contributed by atoms with E-state index in [-0.39, 0.29) is 17.3 Å². The first-order chi connectivity index (χ1) is 9.46. The van der Waals surface area contributed by atoms with Gasteiger partial charge in [0, 0.05) is 6.54 Å². The molecule has 1 aliphatic rings. The molecule has 1 aromatic carbocycles. The standard InChI is InChI=1S/C12H16FN3O3S/c13-9-4-3-5-10(8-9)20(18,19)16-7-2-1-6-11(16)12(14)15-17/h3-5,8,11,17H,1-2,6-7H2,(H2,14,15). The van der Waals surface area contributed by atoms with Crippen molar-refractivity contribution in [3.8, 4) is 0 Å². The van der Waals surface area contributed by atoms with Gasteiger partial charge in [-0.05, 0) is 31.0 Å². The summed E-state index contributed by atoms with van der Waals surface area (Å²) in [6.45, 7) is 0.264. The van der Waals surface area contributed by atoms with E-state index >= 15 is 0 Å². The van der Waals surface area contributed by atoms with Gasteiger partial charge in [0.05, 0.1) is 10.9 Å². The summed E-state index contributed by atoms with van der Waals surface area (Å²) in [7, 11) is -3.87. The molecule has 110 valence electrons. The number of piperidine rings is 1. The van der Waals surface area contributed by atoms with Crippen molar-refractivity contribution in [2.75, 3.05) is 6.54 Å². The Labute approximate surface area is 116 Å². The zero-order chi connectivity index (χ0) is 14.8. The van der Waals surface area contributed by atoms with Gasteiger partial charge in [0.25, 0.3) is 0 Å². The van der Waals surface area contributed by atoms with Crippen LogP contribution in [0.5, 0.6) is 0 Å². The molecule has 0 aliphatic carbocycles. The summed E-state index contributed by atoms with van der Waals surface area (Å²) in [5.41, 5.74) is 5.56. The van der Waals surface area contributed by atoms with Crippen molar-refractivity contribution in [1.82, 2.24) is 4.31 Å². The first-order valence-corrected chi connectivity index (χ1v) is 7.65. The molecular formula is C12H16FN3O3S. The predicted molar refractivity (Wildman–Crippen MR) is 71.3 cm³/mol. The lowest BCUT2D eigenvalue weighted by atomic mass is 10.0. The van der Waals surface area contributed by atoms with Crippen molar-refractivity contribution in [3.63, 3.8) is 0 Å². The molecule has 3 N–H and O–H groups in total. The molecule has 1 aromatic rings. The summed E-state index contributed by atoms with van der Waals surface area (Å²) in [6.07, 6.45) is 1.95. The number of hydrogen-bond acceptors (Lipinski definition) is 4. The Balaban J connectivity index is 2.41. The van der Waals surface area contributed by atoms with Crippen LogP contribution in [0.15, 0.2) is 34.3 Å². The predicted octanol–water partition coefficient (Wildman–Crippen LogP) is 1.12. The third-order valence-corrected chi connectivity index (χ3v) is 5.22. The lowest BCUT2D eigenvalue weighted by Crippen LogP contribution is -2.50. The number of amidine groups is 1. The molecule has 0 spiro atoms. The molecule has 1 unspecified atom stereocenters. The first-order valence-electron chi connectivity index (χ1n) is 6.21. The Hall–Kier alpha value is -1.67. The van der Waals surface area contributed by atoms with Crippen LogP contribution in [-0.4, -0.2) is 36.4 Å². The van der Waals surface area contributed by atoms with E-state index in [1.165, 1.54) is 22.5 Å². The van der Waals surface area contributed by atoms with E-state index in [2.05, 4.69) is 5.16 Å². The summed E-state index contributed by atoms with van der Waals surface area (Å²) in [5, 5.41) is 11.7. The fourth-order valence-corrected chi connectivity index (χ4v) is 4.02. The Morgan fingerprint density at radius 1 is 1.45 bits per heavy atom. The van der Waals surface area contributed by atoms with Gasteiger partial charge in [-0.3, -0.25) is 0 Å². The monoisotopic (exact) mass is 301 g/mol. The number of halogens is 1. The lowest BCUT2D eigenvalue weighted by Gasteiger charge is -2.33. The number of oxime groups is 1. The highest BCUT2D eigenvalue weighted by Gasteiger charge is 2.35. The highest BCUT2D eigenvalue weighted by molar-refractivity contribution is 7.89. The minimum Gasteiger partial charge on any atom is -0.409 e. The van der Waals surface area contributed by atoms with Crippen LogP contribution >= 0.6 is 0 Å². The highest BCUT2D eigenvalue weighted by atomic mass is 32.2. The van der Waals surface area contributed by atoms with Gasteiger partial charge in [0.1, 0.15) is 5.82 Å². The second kappa shape index (κ2) is 5.76. The number of hydrogen-bond donors (Lipinski definition) is 2. The average Bonchev–Trinajstić information content (AvgIpc) is 2.46. The summed E-state index contributed by atoms with van der Waals surface area (Å²) >= 11 is 0. The minimum absolute atomic E-state index is 0.130. The van der Waals surface area contributed by atoms with Gasteiger partial charge in [-0.15, -0.1) is 0 Å². The van der Waals surface area contributed by atoms with Crippen LogP contribution in [0.1, 0.15) is 19.3 Å². The van der Waals surface area contributed by atoms with Gasteiger partial charge >= 0.3 is 0 Å². The maximum absolute atomic E-state index is 13.2. The Kier molecular flexibility index (Phi) is 4.24. The van der Waals surface area contributed by atoms with Crippen LogP contribution in [0, 0.1) is 5.82 Å². The molecule has 20 heavy (non-hydrogen) atoms. The van der Waals surface area contributed by atoms with E-state index in [1.54, 1.807) is 0 Å². The van der Waals surface area contributed by atoms with Gasteiger partial charge in [-0.1, -0.05) is 17.6 Å². The molecule has 6 nitrogen and oxygen atoms in total. The van der Waals surface area contributed by atoms with Crippen molar-refractivity contribution < 1.29 is 18.0 Å². The van der Waals surface area contributed by atoms with Crippen molar-refractivity contribution in [1.29, 1.82) is 0 Å². The molecule has 0 radical (unpaired) electrons. The molecule has 1 aliphatic heterocycles. The lowest BCUT2D eigenvalue weighted by molar-refractivity contribution is 0.281. The van der Waals surface area contributed by atoms with Crippen LogP contribution in [0.2, 0.25) is 0 Å². The third-order valence-electron chi connectivity index (χ3n) is 3.31. The Bertz CT molecular complexity index is 618. The number of nitrogens with zero attached hydrogens (tertiary/aromatic N) is 2. The topological polar surface area (TPSA) is 96.0 Å². The van der Waals surface area contributed by atoms with Gasteiger partial charge in [0.15, 0.2) is 5.84 Å². The molecule has 1 heterocycles. The average molecular weight is 301 g/mol. The number of rotatable bonds is 3. The maximum atomic E-state index is 13.2. The van der Waals surface area contributed by atoms with Crippen LogP contribution < -0.4 is 5.73 Å². The largest absolute Gasteiger partial charge is 0.409 e. The van der Waals surface area contributed by atoms with Crippen molar-refractivity contribution >= 4 is 15.9 Å². The van der Waals surface area contributed by atoms with E-state index < -0.39 is 21.9 Å². The number of nitrogens with two attached hydrogens (primary N) is 1. The molecule has 0 amide bonds. The number of sulfonamides is 1. The van der Waals surface area contributed by atoms with Gasteiger partial charge < -0.3 is 10.9 Å². The van der Waals surface area contributed by atoms with Gasteiger partial charge in [-0.2, -0.15) is 4.31 Å². The van der Waals surface area contributed by atoms with E-state index in [4.69, 9.17) is 10.9 Å². The fourth-order valence-electron chi connectivity index (χ4n) is 2.32. The third kappa shape index (κ3) is 2.75. The molecule has 8 heteroatoms. The molecular weight excluding hydrogens is 285 g/mol. The quantitative estimate of drug-likeness (QED) is 0.378. The van der Waals surface area contributed by atoms with Crippen LogP contribution in [0.4, 0.5) is 4.39 Å². The molecule has 0 bridgehead atoms. The molecule has 1 saturated heterocycles. The molecule has 0 saturated carbocycles. The molecule has 2 rings (SSSR count). The van der Waals surface area contributed by atoms with Crippen LogP contribution in [0.25, 0.3) is 0 Å². The normalized spacial score (nSPS) is 21.9. The van der Waals surface area contributed by atoms with Crippen LogP contribution in [0.3, 0.4) is 0 Å². The van der Waals surface area contributed by atoms with E-state index in [0.29, 0.717) is 12.8 Å². The molecule has 1 fully saturated rings. The minimum atomic E-state index is -3.87. The SMILES string of the molecule is NC(=NO)C1CCCCN1S(=O)(=O)c1cccc(F)c1. The smallest absolute Gasteiger partial charge is 0.243 e. The molecule has 0 aromatic heterocycles. The van der Waals surface area contributed by atoms with Crippen molar-refractivity contribution in [3.05, 3.63) is 30.1 Å². The summed E-state index contributed by atoms with van der Waals surface area (Å²) < 4.78 is 39.5. The zero-order valence-corrected chi connectivity index (χ0v) is 11.6. The van der Waals surface area contributed by atoms with Crippen molar-refractivity contribution in [2.24, 2.45) is 10.9 Å². The maximum Gasteiger partial charge on any atom is 0.243 e. The summed E-state index contributed by atoms with van der Waals surface area (Å²) in [6, 6.07) is 4.12. The Morgan fingerprint density at radius 3 is 2.85 bits per heavy atom. The zero-order valence-electron chi connectivity index (χ0n) is 10.7. The second-order valence-corrected chi connectivity index (χ2v) is 6.50. The van der Waals surface area contributed by atoms with Gasteiger partial charge in [0.2, 0.25) is 10.0 Å². The van der Waals surface area contributed by atoms with Gasteiger partial charge in [-0.25, -0.2) is 12.8 Å². The molecule has 1 atom stereocenters. The van der Waals surface area contributed by atoms with E-state index in [0.717, 1.165) is 12.5 Å². The van der Waals surface area contributed by atoms with Crippen LogP contribution in [-0.2, 0) is 10.0 Å². The number of benzene rings is 1. The summed E-state index contributed by atoms with van der Waals surface area (Å²) in [4.78, 5) is -0.130. The fraction of sp³-hybridized carbons (Fsp3) is 0.417. The highest BCUT2D eigenvalue weighted by Crippen LogP contribution is 2.25. The first kappa shape index (κ1) is 14.7. The summed E-state index contributed by atoms with van der Waals surface area (Å²) in [5.74, 6) is -0.770.